The highest BCUT2D eigenvalue weighted by molar-refractivity contribution is 6.04. The van der Waals surface area contributed by atoms with Crippen LogP contribution in [0, 0.1) is 0 Å². The van der Waals surface area contributed by atoms with Gasteiger partial charge in [0.2, 0.25) is 0 Å². The minimum Gasteiger partial charge on any atom is -0.545 e. The van der Waals surface area contributed by atoms with Gasteiger partial charge in [-0.15, -0.1) is 0 Å². The van der Waals surface area contributed by atoms with Gasteiger partial charge < -0.3 is 14.8 Å². The number of nitrogens with zero attached hydrogens (tertiary/aromatic N) is 1. The molecule has 0 unspecified atom stereocenters. The Morgan fingerprint density at radius 1 is 1.24 bits per heavy atom. The van der Waals surface area contributed by atoms with Crippen molar-refractivity contribution in [1.82, 2.24) is 0 Å². The molecule has 4 heteroatoms. The van der Waals surface area contributed by atoms with E-state index in [1.807, 2.05) is 24.3 Å². The van der Waals surface area contributed by atoms with Gasteiger partial charge in [0.1, 0.15) is 0 Å². The molecule has 0 radical (unpaired) electrons. The van der Waals surface area contributed by atoms with Gasteiger partial charge in [0.05, 0.1) is 5.97 Å². The number of aliphatic carboxylic acids is 1. The van der Waals surface area contributed by atoms with Crippen molar-refractivity contribution in [3.05, 3.63) is 42.0 Å². The smallest absolute Gasteiger partial charge is 0.251 e. The van der Waals surface area contributed by atoms with Crippen LogP contribution >= 0.6 is 0 Å². The van der Waals surface area contributed by atoms with Gasteiger partial charge in [-0.3, -0.25) is 4.79 Å². The number of anilines is 1. The van der Waals surface area contributed by atoms with Crippen molar-refractivity contribution in [2.24, 2.45) is 0 Å². The normalized spacial score (nSPS) is 14.7. The molecule has 1 aliphatic rings. The van der Waals surface area contributed by atoms with Gasteiger partial charge in [0.15, 0.2) is 0 Å². The number of hydrogen-bond donors (Lipinski definition) is 0. The lowest BCUT2D eigenvalue weighted by molar-refractivity contribution is -0.297. The fraction of sp³-hybridized carbons (Fsp3) is 0.231. The third-order valence-electron chi connectivity index (χ3n) is 2.74. The number of benzene rings is 1. The van der Waals surface area contributed by atoms with Gasteiger partial charge in [-0.05, 0) is 30.5 Å². The first-order valence-electron chi connectivity index (χ1n) is 5.47. The molecule has 0 N–H and O–H groups in total. The Bertz CT molecular complexity index is 479. The van der Waals surface area contributed by atoms with Crippen LogP contribution in [0.25, 0.3) is 0 Å². The number of carbonyl (C=O) groups excluding carboxylic acids is 2. The zero-order valence-corrected chi connectivity index (χ0v) is 9.26. The summed E-state index contributed by atoms with van der Waals surface area (Å²) >= 11 is 0. The standard InChI is InChI=1S/C13H13NO3/c15-12(7-8-13(16)17)14-9-3-5-10-4-1-2-6-11(10)14/h1-2,4,6-8H,3,5,9H2,(H,16,17)/p-1. The molecule has 0 spiro atoms. The third-order valence-corrected chi connectivity index (χ3v) is 2.74. The first-order valence-corrected chi connectivity index (χ1v) is 5.47. The Morgan fingerprint density at radius 2 is 2.00 bits per heavy atom. The van der Waals surface area contributed by atoms with E-state index in [9.17, 15) is 14.7 Å². The Hall–Kier alpha value is -2.10. The lowest BCUT2D eigenvalue weighted by Crippen LogP contribution is -2.34. The van der Waals surface area contributed by atoms with Crippen LogP contribution < -0.4 is 10.0 Å². The summed E-state index contributed by atoms with van der Waals surface area (Å²) in [6.07, 6.45) is 3.64. The second-order valence-electron chi connectivity index (χ2n) is 3.87. The van der Waals surface area contributed by atoms with E-state index >= 15 is 0 Å². The maximum absolute atomic E-state index is 11.8. The molecule has 1 aliphatic heterocycles. The number of aryl methyl sites for hydroxylation is 1. The number of amides is 1. The number of fused-ring (bicyclic) bond motifs is 1. The minimum absolute atomic E-state index is 0.318. The topological polar surface area (TPSA) is 60.4 Å². The summed E-state index contributed by atoms with van der Waals surface area (Å²) in [5.74, 6) is -1.68. The van der Waals surface area contributed by atoms with Crippen molar-refractivity contribution in [1.29, 1.82) is 0 Å². The van der Waals surface area contributed by atoms with Gasteiger partial charge in [0.25, 0.3) is 5.91 Å². The van der Waals surface area contributed by atoms with Gasteiger partial charge in [-0.2, -0.15) is 0 Å². The van der Waals surface area contributed by atoms with Crippen LogP contribution in [-0.4, -0.2) is 18.4 Å². The van der Waals surface area contributed by atoms with E-state index in [1.54, 1.807) is 4.90 Å². The van der Waals surface area contributed by atoms with E-state index in [2.05, 4.69) is 0 Å². The molecule has 2 rings (SSSR count). The summed E-state index contributed by atoms with van der Waals surface area (Å²) < 4.78 is 0. The van der Waals surface area contributed by atoms with Crippen molar-refractivity contribution in [3.63, 3.8) is 0 Å². The lowest BCUT2D eigenvalue weighted by Gasteiger charge is -2.28. The first-order chi connectivity index (χ1) is 8.18. The van der Waals surface area contributed by atoms with E-state index in [1.165, 1.54) is 0 Å². The van der Waals surface area contributed by atoms with Crippen molar-refractivity contribution in [2.45, 2.75) is 12.8 Å². The molecule has 0 fully saturated rings. The van der Waals surface area contributed by atoms with Crippen LogP contribution in [0.1, 0.15) is 12.0 Å². The molecule has 88 valence electrons. The maximum atomic E-state index is 11.8. The predicted molar refractivity (Wildman–Crippen MR) is 61.3 cm³/mol. The number of para-hydroxylation sites is 1. The largest absolute Gasteiger partial charge is 0.545 e. The molecule has 0 saturated carbocycles. The molecular weight excluding hydrogens is 218 g/mol. The molecule has 0 bridgehead atoms. The number of carbonyl (C=O) groups is 2. The van der Waals surface area contributed by atoms with Crippen LogP contribution in [0.5, 0.6) is 0 Å². The fourth-order valence-electron chi connectivity index (χ4n) is 1.99. The highest BCUT2D eigenvalue weighted by Gasteiger charge is 2.19. The Morgan fingerprint density at radius 3 is 2.76 bits per heavy atom. The summed E-state index contributed by atoms with van der Waals surface area (Å²) in [7, 11) is 0. The fourth-order valence-corrected chi connectivity index (χ4v) is 1.99. The van der Waals surface area contributed by atoms with Gasteiger partial charge in [-0.25, -0.2) is 0 Å². The molecular formula is C13H12NO3-. The minimum atomic E-state index is -1.36. The van der Waals surface area contributed by atoms with Crippen molar-refractivity contribution < 1.29 is 14.7 Å². The predicted octanol–water partition coefficient (Wildman–Crippen LogP) is 0.272. The number of carboxylic acid groups (broad SMARTS) is 1. The quantitative estimate of drug-likeness (QED) is 0.685. The summed E-state index contributed by atoms with van der Waals surface area (Å²) in [4.78, 5) is 23.7. The zero-order valence-electron chi connectivity index (χ0n) is 9.26. The van der Waals surface area contributed by atoms with E-state index in [0.717, 1.165) is 36.2 Å². The summed E-state index contributed by atoms with van der Waals surface area (Å²) in [6, 6.07) is 7.66. The van der Waals surface area contributed by atoms with Crippen LogP contribution in [-0.2, 0) is 16.0 Å². The third kappa shape index (κ3) is 2.53. The number of rotatable bonds is 2. The average molecular weight is 230 g/mol. The van der Waals surface area contributed by atoms with Gasteiger partial charge >= 0.3 is 0 Å². The number of hydrogen-bond acceptors (Lipinski definition) is 3. The van der Waals surface area contributed by atoms with Gasteiger partial charge in [-0.1, -0.05) is 18.2 Å². The molecule has 1 aromatic rings. The highest BCUT2D eigenvalue weighted by Crippen LogP contribution is 2.26. The van der Waals surface area contributed by atoms with E-state index in [0.29, 0.717) is 6.54 Å². The Balaban J connectivity index is 2.24. The number of carboxylic acids is 1. The molecule has 1 aromatic carbocycles. The molecule has 4 nitrogen and oxygen atoms in total. The molecule has 1 heterocycles. The molecule has 0 aromatic heterocycles. The van der Waals surface area contributed by atoms with Gasteiger partial charge in [0, 0.05) is 18.3 Å². The average Bonchev–Trinajstić information content (AvgIpc) is 2.35. The van der Waals surface area contributed by atoms with E-state index in [-0.39, 0.29) is 5.91 Å². The van der Waals surface area contributed by atoms with Crippen LogP contribution in [0.15, 0.2) is 36.4 Å². The molecule has 0 atom stereocenters. The summed E-state index contributed by atoms with van der Waals surface area (Å²) in [6.45, 7) is 0.618. The van der Waals surface area contributed by atoms with Crippen molar-refractivity contribution >= 4 is 17.6 Å². The molecule has 17 heavy (non-hydrogen) atoms. The Kier molecular flexibility index (Phi) is 3.23. The monoisotopic (exact) mass is 230 g/mol. The highest BCUT2D eigenvalue weighted by atomic mass is 16.4. The SMILES string of the molecule is O=C([O-])C=CC(=O)N1CCCc2ccccc21. The first kappa shape index (κ1) is 11.4. The van der Waals surface area contributed by atoms with Crippen molar-refractivity contribution in [2.75, 3.05) is 11.4 Å². The zero-order chi connectivity index (χ0) is 12.3. The van der Waals surface area contributed by atoms with Crippen LogP contribution in [0.4, 0.5) is 5.69 Å². The second-order valence-corrected chi connectivity index (χ2v) is 3.87. The molecule has 0 aliphatic carbocycles. The van der Waals surface area contributed by atoms with Crippen molar-refractivity contribution in [3.8, 4) is 0 Å². The molecule has 0 saturated heterocycles. The van der Waals surface area contributed by atoms with Crippen LogP contribution in [0.2, 0.25) is 0 Å². The maximum Gasteiger partial charge on any atom is 0.251 e. The summed E-state index contributed by atoms with van der Waals surface area (Å²) in [5.41, 5.74) is 1.99. The summed E-state index contributed by atoms with van der Waals surface area (Å²) in [5, 5.41) is 10.3. The lowest BCUT2D eigenvalue weighted by atomic mass is 10.0. The van der Waals surface area contributed by atoms with E-state index in [4.69, 9.17) is 0 Å². The van der Waals surface area contributed by atoms with E-state index < -0.39 is 5.97 Å². The molecule has 1 amide bonds. The second kappa shape index (κ2) is 4.82. The Labute approximate surface area is 99.2 Å². The van der Waals surface area contributed by atoms with Crippen LogP contribution in [0.3, 0.4) is 0 Å².